The topological polar surface area (TPSA) is 76.1 Å². The number of carboxylic acids is 1. The maximum absolute atomic E-state index is 13.8. The Morgan fingerprint density at radius 3 is 2.47 bits per heavy atom. The molecule has 1 saturated heterocycles. The molecular formula is C28H35NO5. The van der Waals surface area contributed by atoms with Crippen LogP contribution in [0.5, 0.6) is 5.75 Å². The molecule has 1 amide bonds. The van der Waals surface area contributed by atoms with Gasteiger partial charge in [0.2, 0.25) is 0 Å². The number of carboxylic acid groups (broad SMARTS) is 1. The van der Waals surface area contributed by atoms with Crippen LogP contribution in [0.4, 0.5) is 0 Å². The fourth-order valence-corrected chi connectivity index (χ4v) is 5.16. The van der Waals surface area contributed by atoms with E-state index in [4.69, 9.17) is 9.47 Å². The van der Waals surface area contributed by atoms with E-state index in [0.29, 0.717) is 49.7 Å². The molecule has 0 radical (unpaired) electrons. The van der Waals surface area contributed by atoms with Crippen molar-refractivity contribution < 1.29 is 24.2 Å². The third kappa shape index (κ3) is 5.12. The zero-order valence-corrected chi connectivity index (χ0v) is 20.2. The Morgan fingerprint density at radius 1 is 1.12 bits per heavy atom. The number of amides is 1. The Labute approximate surface area is 201 Å². The van der Waals surface area contributed by atoms with E-state index in [2.05, 4.69) is 32.0 Å². The van der Waals surface area contributed by atoms with E-state index >= 15 is 0 Å². The van der Waals surface area contributed by atoms with Crippen LogP contribution in [0, 0.1) is 12.8 Å². The van der Waals surface area contributed by atoms with Gasteiger partial charge in [-0.2, -0.15) is 0 Å². The Bertz CT molecular complexity index is 1010. The standard InChI is InChI=1S/C28H35NO5/c1-3-21-10-14-28(15-11-21,27(31)32)29(25-13-17-34-25)26(30)23-8-5-9-24(19-23)33-16-12-22-7-4-6-20(2)18-22/h4-9,18-19,21,25H,3,10-17H2,1-2H3,(H,31,32)/t21-,25?,28+. The Hall–Kier alpha value is -2.86. The molecule has 1 unspecified atom stereocenters. The van der Waals surface area contributed by atoms with Crippen molar-refractivity contribution in [1.82, 2.24) is 4.90 Å². The molecule has 1 aliphatic heterocycles. The molecule has 2 fully saturated rings. The molecule has 1 N–H and O–H groups in total. The second kappa shape index (κ2) is 10.6. The van der Waals surface area contributed by atoms with Gasteiger partial charge in [0.25, 0.3) is 5.91 Å². The highest BCUT2D eigenvalue weighted by atomic mass is 16.5. The van der Waals surface area contributed by atoms with Crippen LogP contribution in [0.2, 0.25) is 0 Å². The van der Waals surface area contributed by atoms with Crippen LogP contribution >= 0.6 is 0 Å². The van der Waals surface area contributed by atoms with Gasteiger partial charge in [0.15, 0.2) is 0 Å². The number of hydrogen-bond acceptors (Lipinski definition) is 4. The van der Waals surface area contributed by atoms with Crippen LogP contribution in [0.1, 0.15) is 66.9 Å². The molecule has 34 heavy (non-hydrogen) atoms. The quantitative estimate of drug-likeness (QED) is 0.549. The van der Waals surface area contributed by atoms with Crippen LogP contribution in [0.25, 0.3) is 0 Å². The van der Waals surface area contributed by atoms with Crippen LogP contribution in [-0.2, 0) is 16.0 Å². The molecule has 1 aliphatic carbocycles. The van der Waals surface area contributed by atoms with E-state index < -0.39 is 17.7 Å². The van der Waals surface area contributed by atoms with Crippen LogP contribution in [-0.4, -0.2) is 46.9 Å². The average Bonchev–Trinajstić information content (AvgIpc) is 2.81. The average molecular weight is 466 g/mol. The molecule has 2 aromatic carbocycles. The summed E-state index contributed by atoms with van der Waals surface area (Å²) >= 11 is 0. The number of aliphatic carboxylic acids is 1. The lowest BCUT2D eigenvalue weighted by atomic mass is 9.74. The molecule has 0 aromatic heterocycles. The van der Waals surface area contributed by atoms with Crippen molar-refractivity contribution in [3.8, 4) is 5.75 Å². The summed E-state index contributed by atoms with van der Waals surface area (Å²) in [5, 5.41) is 10.3. The van der Waals surface area contributed by atoms with Gasteiger partial charge >= 0.3 is 5.97 Å². The van der Waals surface area contributed by atoms with E-state index in [1.54, 1.807) is 18.2 Å². The maximum Gasteiger partial charge on any atom is 0.329 e. The van der Waals surface area contributed by atoms with E-state index in [1.807, 2.05) is 12.1 Å². The third-order valence-electron chi connectivity index (χ3n) is 7.37. The number of ether oxygens (including phenoxy) is 2. The number of hydrogen-bond donors (Lipinski definition) is 1. The predicted molar refractivity (Wildman–Crippen MR) is 130 cm³/mol. The first-order valence-corrected chi connectivity index (χ1v) is 12.4. The first-order valence-electron chi connectivity index (χ1n) is 12.4. The molecule has 4 rings (SSSR count). The van der Waals surface area contributed by atoms with Gasteiger partial charge in [0.1, 0.15) is 17.5 Å². The van der Waals surface area contributed by atoms with Crippen LogP contribution in [0.3, 0.4) is 0 Å². The first kappa shape index (κ1) is 24.3. The van der Waals surface area contributed by atoms with Crippen LogP contribution < -0.4 is 4.74 Å². The minimum Gasteiger partial charge on any atom is -0.493 e. The number of carbonyl (C=O) groups excluding carboxylic acids is 1. The highest BCUT2D eigenvalue weighted by Gasteiger charge is 2.52. The summed E-state index contributed by atoms with van der Waals surface area (Å²) < 4.78 is 11.6. The Balaban J connectivity index is 1.51. The van der Waals surface area contributed by atoms with Gasteiger partial charge in [-0.25, -0.2) is 4.79 Å². The van der Waals surface area contributed by atoms with Crippen LogP contribution in [0.15, 0.2) is 48.5 Å². The van der Waals surface area contributed by atoms with Crippen molar-refractivity contribution in [2.75, 3.05) is 13.2 Å². The largest absolute Gasteiger partial charge is 0.493 e. The fraction of sp³-hybridized carbons (Fsp3) is 0.500. The highest BCUT2D eigenvalue weighted by Crippen LogP contribution is 2.41. The van der Waals surface area contributed by atoms with Crippen molar-refractivity contribution in [2.24, 2.45) is 5.92 Å². The molecular weight excluding hydrogens is 430 g/mol. The lowest BCUT2D eigenvalue weighted by Crippen LogP contribution is -2.64. The minimum absolute atomic E-state index is 0.300. The summed E-state index contributed by atoms with van der Waals surface area (Å²) in [4.78, 5) is 27.9. The summed E-state index contributed by atoms with van der Waals surface area (Å²) in [7, 11) is 0. The molecule has 1 saturated carbocycles. The second-order valence-electron chi connectivity index (χ2n) is 9.59. The molecule has 6 nitrogen and oxygen atoms in total. The SMILES string of the molecule is CC[C@H]1CC[C@@](C(=O)O)(N(C(=O)c2cccc(OCCc3cccc(C)c3)c2)C2CCO2)CC1. The third-order valence-corrected chi connectivity index (χ3v) is 7.37. The van der Waals surface area contributed by atoms with Gasteiger partial charge < -0.3 is 14.6 Å². The number of nitrogens with zero attached hydrogens (tertiary/aromatic N) is 1. The summed E-state index contributed by atoms with van der Waals surface area (Å²) in [6.07, 6.45) is 4.49. The summed E-state index contributed by atoms with van der Waals surface area (Å²) in [6, 6.07) is 15.4. The van der Waals surface area contributed by atoms with Crippen molar-refractivity contribution in [3.05, 3.63) is 65.2 Å². The minimum atomic E-state index is -1.23. The first-order chi connectivity index (χ1) is 16.4. The lowest BCUT2D eigenvalue weighted by molar-refractivity contribution is -0.186. The predicted octanol–water partition coefficient (Wildman–Crippen LogP) is 5.23. The van der Waals surface area contributed by atoms with E-state index in [-0.39, 0.29) is 5.91 Å². The number of aryl methyl sites for hydroxylation is 1. The van der Waals surface area contributed by atoms with Gasteiger partial charge in [-0.3, -0.25) is 9.69 Å². The van der Waals surface area contributed by atoms with Crippen molar-refractivity contribution in [2.45, 2.75) is 70.6 Å². The molecule has 6 heteroatoms. The normalized spacial score (nSPS) is 24.2. The molecule has 0 bridgehead atoms. The van der Waals surface area contributed by atoms with E-state index in [1.165, 1.54) is 16.0 Å². The van der Waals surface area contributed by atoms with Crippen molar-refractivity contribution >= 4 is 11.9 Å². The number of carbonyl (C=O) groups is 2. The maximum atomic E-state index is 13.8. The monoisotopic (exact) mass is 465 g/mol. The van der Waals surface area contributed by atoms with E-state index in [0.717, 1.165) is 25.7 Å². The number of benzene rings is 2. The second-order valence-corrected chi connectivity index (χ2v) is 9.59. The van der Waals surface area contributed by atoms with Gasteiger partial charge in [-0.1, -0.05) is 49.2 Å². The smallest absolute Gasteiger partial charge is 0.329 e. The Morgan fingerprint density at radius 2 is 1.85 bits per heavy atom. The molecule has 2 aromatic rings. The van der Waals surface area contributed by atoms with Gasteiger partial charge in [0.05, 0.1) is 13.2 Å². The van der Waals surface area contributed by atoms with Crippen molar-refractivity contribution in [3.63, 3.8) is 0 Å². The summed E-state index contributed by atoms with van der Waals surface area (Å²) in [5.41, 5.74) is 1.62. The van der Waals surface area contributed by atoms with Gasteiger partial charge in [-0.05, 0) is 62.3 Å². The van der Waals surface area contributed by atoms with Crippen molar-refractivity contribution in [1.29, 1.82) is 0 Å². The molecule has 2 aliphatic rings. The summed E-state index contributed by atoms with van der Waals surface area (Å²) in [6.45, 7) is 5.24. The molecule has 182 valence electrons. The van der Waals surface area contributed by atoms with Gasteiger partial charge in [0, 0.05) is 18.4 Å². The zero-order chi connectivity index (χ0) is 24.1. The Kier molecular flexibility index (Phi) is 7.57. The lowest BCUT2D eigenvalue weighted by Gasteiger charge is -2.50. The fourth-order valence-electron chi connectivity index (χ4n) is 5.16. The zero-order valence-electron chi connectivity index (χ0n) is 20.2. The highest BCUT2D eigenvalue weighted by molar-refractivity contribution is 5.98. The number of rotatable bonds is 9. The van der Waals surface area contributed by atoms with E-state index in [9.17, 15) is 14.7 Å². The van der Waals surface area contributed by atoms with Gasteiger partial charge in [-0.15, -0.1) is 0 Å². The molecule has 1 atom stereocenters. The summed E-state index contributed by atoms with van der Waals surface area (Å²) in [5.74, 6) is -0.119. The molecule has 1 heterocycles. The molecule has 0 spiro atoms.